The minimum atomic E-state index is 0.621. The van der Waals surface area contributed by atoms with Gasteiger partial charge in [0.25, 0.3) is 0 Å². The molecule has 0 spiro atoms. The minimum Gasteiger partial charge on any atom is -0.495 e. The molecule has 0 heterocycles. The first-order valence-electron chi connectivity index (χ1n) is 5.46. The normalized spacial score (nSPS) is 9.81. The van der Waals surface area contributed by atoms with Crippen molar-refractivity contribution in [1.29, 1.82) is 5.26 Å². The monoisotopic (exact) mass is 235 g/mol. The van der Waals surface area contributed by atoms with E-state index >= 15 is 0 Å². The third-order valence-corrected chi connectivity index (χ3v) is 3.41. The molecule has 0 unspecified atom stereocenters. The molecule has 1 rings (SSSR count). The van der Waals surface area contributed by atoms with Gasteiger partial charge < -0.3 is 4.74 Å². The summed E-state index contributed by atoms with van der Waals surface area (Å²) in [6.45, 7) is 2.20. The van der Waals surface area contributed by atoms with E-state index in [0.717, 1.165) is 5.75 Å². The number of ether oxygens (including phenoxy) is 1. The van der Waals surface area contributed by atoms with Crippen molar-refractivity contribution in [1.82, 2.24) is 0 Å². The van der Waals surface area contributed by atoms with Gasteiger partial charge in [-0.1, -0.05) is 19.4 Å². The summed E-state index contributed by atoms with van der Waals surface area (Å²) in [5.74, 6) is 2.81. The Morgan fingerprint density at radius 1 is 1.44 bits per heavy atom. The maximum atomic E-state index is 8.95. The lowest BCUT2D eigenvalue weighted by molar-refractivity contribution is 0.413. The van der Waals surface area contributed by atoms with Crippen molar-refractivity contribution in [3.8, 4) is 11.8 Å². The second-order valence-corrected chi connectivity index (χ2v) is 4.66. The number of hydrogen-bond donors (Lipinski definition) is 0. The Hall–Kier alpha value is -1.14. The number of hydrogen-bond acceptors (Lipinski definition) is 3. The molecule has 0 aromatic heterocycles. The maximum Gasteiger partial charge on any atom is 0.136 e. The fourth-order valence-electron chi connectivity index (χ4n) is 1.37. The van der Waals surface area contributed by atoms with Gasteiger partial charge in [0.1, 0.15) is 11.8 Å². The molecule has 16 heavy (non-hydrogen) atoms. The van der Waals surface area contributed by atoms with Crippen LogP contribution < -0.4 is 4.74 Å². The van der Waals surface area contributed by atoms with Crippen molar-refractivity contribution in [2.75, 3.05) is 12.9 Å². The SMILES string of the molecule is CCCCSCc1ccc(OC)c(C#N)c1. The Morgan fingerprint density at radius 2 is 2.25 bits per heavy atom. The van der Waals surface area contributed by atoms with Crippen molar-refractivity contribution in [3.05, 3.63) is 29.3 Å². The molecule has 0 bridgehead atoms. The maximum absolute atomic E-state index is 8.95. The lowest BCUT2D eigenvalue weighted by Gasteiger charge is -2.05. The predicted octanol–water partition coefficient (Wildman–Crippen LogP) is 3.60. The van der Waals surface area contributed by atoms with E-state index in [-0.39, 0.29) is 0 Å². The van der Waals surface area contributed by atoms with Crippen LogP contribution >= 0.6 is 11.8 Å². The van der Waals surface area contributed by atoms with E-state index in [1.165, 1.54) is 24.2 Å². The Morgan fingerprint density at radius 3 is 2.88 bits per heavy atom. The van der Waals surface area contributed by atoms with Gasteiger partial charge in [0.05, 0.1) is 12.7 Å². The Balaban J connectivity index is 2.58. The Kier molecular flexibility index (Phi) is 5.81. The number of nitrogens with zero attached hydrogens (tertiary/aromatic N) is 1. The van der Waals surface area contributed by atoms with Gasteiger partial charge in [0.15, 0.2) is 0 Å². The van der Waals surface area contributed by atoms with Gasteiger partial charge >= 0.3 is 0 Å². The molecule has 0 N–H and O–H groups in total. The number of thioether (sulfide) groups is 1. The number of rotatable bonds is 6. The highest BCUT2D eigenvalue weighted by atomic mass is 32.2. The summed E-state index contributed by atoms with van der Waals surface area (Å²) in [5, 5.41) is 8.95. The van der Waals surface area contributed by atoms with E-state index in [9.17, 15) is 0 Å². The molecule has 0 aliphatic carbocycles. The van der Waals surface area contributed by atoms with E-state index in [1.54, 1.807) is 7.11 Å². The predicted molar refractivity (Wildman–Crippen MR) is 68.8 cm³/mol. The summed E-state index contributed by atoms with van der Waals surface area (Å²) in [4.78, 5) is 0. The molecule has 0 aliphatic heterocycles. The van der Waals surface area contributed by atoms with Crippen LogP contribution in [0.3, 0.4) is 0 Å². The molecule has 0 saturated carbocycles. The lowest BCUT2D eigenvalue weighted by atomic mass is 10.1. The van der Waals surface area contributed by atoms with Crippen LogP contribution in [0.1, 0.15) is 30.9 Å². The second kappa shape index (κ2) is 7.19. The highest BCUT2D eigenvalue weighted by molar-refractivity contribution is 7.98. The van der Waals surface area contributed by atoms with Crippen LogP contribution in [0, 0.1) is 11.3 Å². The zero-order valence-corrected chi connectivity index (χ0v) is 10.6. The molecule has 2 nitrogen and oxygen atoms in total. The van der Waals surface area contributed by atoms with Crippen LogP contribution in [0.5, 0.6) is 5.75 Å². The molecule has 0 radical (unpaired) electrons. The van der Waals surface area contributed by atoms with Gasteiger partial charge in [-0.15, -0.1) is 0 Å². The number of nitriles is 1. The fourth-order valence-corrected chi connectivity index (χ4v) is 2.42. The smallest absolute Gasteiger partial charge is 0.136 e. The average molecular weight is 235 g/mol. The molecule has 0 amide bonds. The van der Waals surface area contributed by atoms with Gasteiger partial charge in [-0.25, -0.2) is 0 Å². The summed E-state index contributed by atoms with van der Waals surface area (Å²) in [5.41, 5.74) is 1.81. The summed E-state index contributed by atoms with van der Waals surface area (Å²) in [7, 11) is 1.59. The molecule has 0 aliphatic rings. The van der Waals surface area contributed by atoms with E-state index in [1.807, 2.05) is 30.0 Å². The Labute approximate surface area is 102 Å². The first-order valence-corrected chi connectivity index (χ1v) is 6.62. The van der Waals surface area contributed by atoms with Crippen LogP contribution in [0.15, 0.2) is 18.2 Å². The van der Waals surface area contributed by atoms with Crippen LogP contribution in [-0.4, -0.2) is 12.9 Å². The molecule has 0 saturated heterocycles. The van der Waals surface area contributed by atoms with Crippen molar-refractivity contribution in [2.45, 2.75) is 25.5 Å². The third-order valence-electron chi connectivity index (χ3n) is 2.30. The molecule has 0 fully saturated rings. The molecule has 86 valence electrons. The number of unbranched alkanes of at least 4 members (excludes halogenated alkanes) is 1. The molecule has 0 atom stereocenters. The van der Waals surface area contributed by atoms with Crippen LogP contribution in [0.4, 0.5) is 0 Å². The van der Waals surface area contributed by atoms with Crippen molar-refractivity contribution in [3.63, 3.8) is 0 Å². The lowest BCUT2D eigenvalue weighted by Crippen LogP contribution is -1.90. The molecular formula is C13H17NOS. The molecule has 1 aromatic rings. The highest BCUT2D eigenvalue weighted by Crippen LogP contribution is 2.21. The minimum absolute atomic E-state index is 0.621. The van der Waals surface area contributed by atoms with Crippen molar-refractivity contribution >= 4 is 11.8 Å². The first-order chi connectivity index (χ1) is 7.81. The second-order valence-electron chi connectivity index (χ2n) is 3.55. The number of methoxy groups -OCH3 is 1. The van der Waals surface area contributed by atoms with Crippen LogP contribution in [-0.2, 0) is 5.75 Å². The van der Waals surface area contributed by atoms with E-state index in [0.29, 0.717) is 11.3 Å². The zero-order valence-electron chi connectivity index (χ0n) is 9.82. The van der Waals surface area contributed by atoms with Crippen LogP contribution in [0.25, 0.3) is 0 Å². The largest absolute Gasteiger partial charge is 0.495 e. The summed E-state index contributed by atoms with van der Waals surface area (Å²) in [6.07, 6.45) is 2.49. The van der Waals surface area contributed by atoms with Gasteiger partial charge in [-0.2, -0.15) is 17.0 Å². The van der Waals surface area contributed by atoms with E-state index in [4.69, 9.17) is 10.00 Å². The van der Waals surface area contributed by atoms with Crippen molar-refractivity contribution in [2.24, 2.45) is 0 Å². The summed E-state index contributed by atoms with van der Waals surface area (Å²) < 4.78 is 5.10. The highest BCUT2D eigenvalue weighted by Gasteiger charge is 2.03. The molecular weight excluding hydrogens is 218 g/mol. The Bertz CT molecular complexity index is 371. The summed E-state index contributed by atoms with van der Waals surface area (Å²) in [6, 6.07) is 7.96. The average Bonchev–Trinajstić information content (AvgIpc) is 2.34. The standard InChI is InChI=1S/C13H17NOS/c1-3-4-7-16-10-11-5-6-13(15-2)12(8-11)9-14/h5-6,8H,3-4,7,10H2,1-2H3. The molecule has 1 aromatic carbocycles. The van der Waals surface area contributed by atoms with Gasteiger partial charge in [0, 0.05) is 5.75 Å². The third kappa shape index (κ3) is 3.79. The first kappa shape index (κ1) is 12.9. The van der Waals surface area contributed by atoms with Crippen LogP contribution in [0.2, 0.25) is 0 Å². The topological polar surface area (TPSA) is 33.0 Å². The number of benzene rings is 1. The molecule has 3 heteroatoms. The summed E-state index contributed by atoms with van der Waals surface area (Å²) >= 11 is 1.91. The fraction of sp³-hybridized carbons (Fsp3) is 0.462. The van der Waals surface area contributed by atoms with Gasteiger partial charge in [0.2, 0.25) is 0 Å². The zero-order chi connectivity index (χ0) is 11.8. The van der Waals surface area contributed by atoms with Crippen molar-refractivity contribution < 1.29 is 4.74 Å². The quantitative estimate of drug-likeness (QED) is 0.706. The van der Waals surface area contributed by atoms with E-state index in [2.05, 4.69) is 13.0 Å². The van der Waals surface area contributed by atoms with E-state index < -0.39 is 0 Å². The van der Waals surface area contributed by atoms with Gasteiger partial charge in [-0.3, -0.25) is 0 Å². The van der Waals surface area contributed by atoms with Gasteiger partial charge in [-0.05, 0) is 29.9 Å².